The summed E-state index contributed by atoms with van der Waals surface area (Å²) in [5, 5.41) is 0. The maximum Gasteiger partial charge on any atom is 0.397 e. The Morgan fingerprint density at radius 3 is 2.11 bits per heavy atom. The molecule has 0 unspecified atom stereocenters. The Labute approximate surface area is 76.8 Å². The summed E-state index contributed by atoms with van der Waals surface area (Å²) in [4.78, 5) is 0. The first-order valence-electron chi connectivity index (χ1n) is 2.18. The topological polar surface area (TPSA) is 63.6 Å². The SMILES string of the molecule is CCCOS(=O)(=O)O.[Na]. The first kappa shape index (κ1) is 12.5. The van der Waals surface area contributed by atoms with E-state index in [1.807, 2.05) is 0 Å². The summed E-state index contributed by atoms with van der Waals surface area (Å²) >= 11 is 0. The molecule has 0 bridgehead atoms. The van der Waals surface area contributed by atoms with Crippen molar-refractivity contribution in [3.8, 4) is 0 Å². The molecule has 0 aromatic rings. The van der Waals surface area contributed by atoms with Crippen molar-refractivity contribution < 1.29 is 17.2 Å². The molecular weight excluding hydrogens is 155 g/mol. The van der Waals surface area contributed by atoms with Gasteiger partial charge >= 0.3 is 10.4 Å². The molecule has 0 amide bonds. The van der Waals surface area contributed by atoms with Crippen LogP contribution in [0.2, 0.25) is 0 Å². The molecule has 0 spiro atoms. The molecule has 1 radical (unpaired) electrons. The standard InChI is InChI=1S/C3H8O4S.Na/c1-2-3-7-8(4,5)6;/h2-3H2,1H3,(H,4,5,6);. The Morgan fingerprint density at radius 2 is 2.00 bits per heavy atom. The molecule has 0 aliphatic carbocycles. The molecule has 1 N–H and O–H groups in total. The molecule has 0 fully saturated rings. The van der Waals surface area contributed by atoms with Crippen molar-refractivity contribution in [2.75, 3.05) is 6.61 Å². The zero-order valence-electron chi connectivity index (χ0n) is 5.49. The van der Waals surface area contributed by atoms with Crippen LogP contribution < -0.4 is 0 Å². The average Bonchev–Trinajstić information content (AvgIpc) is 1.59. The molecular formula is C3H8NaO4S. The first-order chi connectivity index (χ1) is 3.56. The van der Waals surface area contributed by atoms with Crippen LogP contribution in [0.4, 0.5) is 0 Å². The van der Waals surface area contributed by atoms with E-state index in [0.717, 1.165) is 0 Å². The molecule has 51 valence electrons. The Balaban J connectivity index is 0. The third kappa shape index (κ3) is 12.1. The van der Waals surface area contributed by atoms with Gasteiger partial charge in [-0.25, -0.2) is 4.18 Å². The molecule has 0 rings (SSSR count). The third-order valence-electron chi connectivity index (χ3n) is 0.436. The van der Waals surface area contributed by atoms with Crippen molar-refractivity contribution in [3.63, 3.8) is 0 Å². The normalized spacial score (nSPS) is 10.4. The third-order valence-corrected chi connectivity index (χ3v) is 0.901. The van der Waals surface area contributed by atoms with Gasteiger partial charge in [0, 0.05) is 29.6 Å². The maximum atomic E-state index is 9.72. The Morgan fingerprint density at radius 1 is 1.56 bits per heavy atom. The van der Waals surface area contributed by atoms with Gasteiger partial charge in [0.05, 0.1) is 6.61 Å². The van der Waals surface area contributed by atoms with Gasteiger partial charge in [0.2, 0.25) is 0 Å². The van der Waals surface area contributed by atoms with Crippen LogP contribution in [0.25, 0.3) is 0 Å². The predicted octanol–water partition coefficient (Wildman–Crippen LogP) is -0.165. The van der Waals surface area contributed by atoms with Gasteiger partial charge in [-0.3, -0.25) is 4.55 Å². The van der Waals surface area contributed by atoms with Gasteiger partial charge in [-0.1, -0.05) is 6.92 Å². The molecule has 4 nitrogen and oxygen atoms in total. The van der Waals surface area contributed by atoms with E-state index in [2.05, 4.69) is 4.18 Å². The summed E-state index contributed by atoms with van der Waals surface area (Å²) in [7, 11) is -4.19. The largest absolute Gasteiger partial charge is 0.397 e. The van der Waals surface area contributed by atoms with E-state index in [9.17, 15) is 8.42 Å². The van der Waals surface area contributed by atoms with E-state index in [4.69, 9.17) is 4.55 Å². The molecule has 0 saturated carbocycles. The molecule has 0 aliphatic heterocycles. The van der Waals surface area contributed by atoms with Gasteiger partial charge in [0.25, 0.3) is 0 Å². The minimum atomic E-state index is -4.19. The second kappa shape index (κ2) is 5.64. The van der Waals surface area contributed by atoms with Crippen LogP contribution in [-0.4, -0.2) is 49.1 Å². The predicted molar refractivity (Wildman–Crippen MR) is 33.5 cm³/mol. The summed E-state index contributed by atoms with van der Waals surface area (Å²) < 4.78 is 31.3. The van der Waals surface area contributed by atoms with Gasteiger partial charge < -0.3 is 0 Å². The van der Waals surface area contributed by atoms with Gasteiger partial charge in [0.1, 0.15) is 0 Å². The summed E-state index contributed by atoms with van der Waals surface area (Å²) in [6, 6.07) is 0. The van der Waals surface area contributed by atoms with Crippen molar-refractivity contribution >= 4 is 40.0 Å². The first-order valence-corrected chi connectivity index (χ1v) is 3.54. The van der Waals surface area contributed by atoms with Crippen molar-refractivity contribution in [2.24, 2.45) is 0 Å². The fourth-order valence-corrected chi connectivity index (χ4v) is 0.566. The second-order valence-corrected chi connectivity index (χ2v) is 2.34. The molecule has 0 heterocycles. The van der Waals surface area contributed by atoms with Crippen LogP contribution in [0.15, 0.2) is 0 Å². The molecule has 6 heteroatoms. The van der Waals surface area contributed by atoms with E-state index in [1.54, 1.807) is 6.92 Å². The van der Waals surface area contributed by atoms with E-state index in [1.165, 1.54) is 0 Å². The number of rotatable bonds is 3. The van der Waals surface area contributed by atoms with Crippen LogP contribution >= 0.6 is 0 Å². The minimum Gasteiger partial charge on any atom is -0.264 e. The van der Waals surface area contributed by atoms with Crippen LogP contribution in [0.5, 0.6) is 0 Å². The van der Waals surface area contributed by atoms with Crippen molar-refractivity contribution in [1.82, 2.24) is 0 Å². The summed E-state index contributed by atoms with van der Waals surface area (Å²) in [5.74, 6) is 0. The fourth-order valence-electron chi connectivity index (χ4n) is 0.189. The fraction of sp³-hybridized carbons (Fsp3) is 1.00. The van der Waals surface area contributed by atoms with Gasteiger partial charge in [-0.2, -0.15) is 8.42 Å². The average molecular weight is 163 g/mol. The van der Waals surface area contributed by atoms with Crippen LogP contribution in [0.3, 0.4) is 0 Å². The monoisotopic (exact) mass is 163 g/mol. The number of hydrogen-bond donors (Lipinski definition) is 1. The maximum absolute atomic E-state index is 9.72. The Kier molecular flexibility index (Phi) is 7.86. The quantitative estimate of drug-likeness (QED) is 0.463. The summed E-state index contributed by atoms with van der Waals surface area (Å²) in [5.41, 5.74) is 0. The molecule has 0 aliphatic rings. The van der Waals surface area contributed by atoms with Gasteiger partial charge in [-0.15, -0.1) is 0 Å². The van der Waals surface area contributed by atoms with Crippen LogP contribution in [-0.2, 0) is 14.6 Å². The smallest absolute Gasteiger partial charge is 0.264 e. The zero-order valence-corrected chi connectivity index (χ0v) is 8.31. The van der Waals surface area contributed by atoms with Crippen LogP contribution in [0.1, 0.15) is 13.3 Å². The van der Waals surface area contributed by atoms with E-state index in [0.29, 0.717) is 6.42 Å². The van der Waals surface area contributed by atoms with Crippen molar-refractivity contribution in [3.05, 3.63) is 0 Å². The summed E-state index contributed by atoms with van der Waals surface area (Å²) in [6.45, 7) is 1.78. The van der Waals surface area contributed by atoms with Crippen molar-refractivity contribution in [1.29, 1.82) is 0 Å². The van der Waals surface area contributed by atoms with E-state index in [-0.39, 0.29) is 36.2 Å². The minimum absolute atomic E-state index is 0. The van der Waals surface area contributed by atoms with Crippen molar-refractivity contribution in [2.45, 2.75) is 13.3 Å². The molecule has 0 saturated heterocycles. The summed E-state index contributed by atoms with van der Waals surface area (Å²) in [6.07, 6.45) is 0.569. The Bertz CT molecular complexity index is 140. The zero-order chi connectivity index (χ0) is 6.62. The molecule has 0 aromatic heterocycles. The molecule has 0 aromatic carbocycles. The van der Waals surface area contributed by atoms with E-state index >= 15 is 0 Å². The second-order valence-electron chi connectivity index (χ2n) is 1.25. The van der Waals surface area contributed by atoms with E-state index < -0.39 is 10.4 Å². The number of hydrogen-bond acceptors (Lipinski definition) is 3. The Hall–Kier alpha value is 0.870. The molecule has 0 atom stereocenters. The van der Waals surface area contributed by atoms with Gasteiger partial charge in [0.15, 0.2) is 0 Å². The van der Waals surface area contributed by atoms with Crippen LogP contribution in [0, 0.1) is 0 Å². The molecule has 9 heavy (non-hydrogen) atoms. The van der Waals surface area contributed by atoms with Gasteiger partial charge in [-0.05, 0) is 6.42 Å².